The molecule has 1 aliphatic rings. The van der Waals surface area contributed by atoms with E-state index in [9.17, 15) is 8.78 Å². The van der Waals surface area contributed by atoms with Crippen LogP contribution in [0.2, 0.25) is 0 Å². The molecule has 2 N–H and O–H groups in total. The maximum Gasteiger partial charge on any atom is 0.387 e. The van der Waals surface area contributed by atoms with Crippen molar-refractivity contribution >= 4 is 0 Å². The fourth-order valence-electron chi connectivity index (χ4n) is 2.93. The minimum Gasteiger partial charge on any atom is -0.493 e. The zero-order chi connectivity index (χ0) is 16.1. The van der Waals surface area contributed by atoms with Gasteiger partial charge in [0.1, 0.15) is 0 Å². The van der Waals surface area contributed by atoms with Crippen LogP contribution in [0.25, 0.3) is 0 Å². The highest BCUT2D eigenvalue weighted by Crippen LogP contribution is 2.30. The molecule has 2 unspecified atom stereocenters. The van der Waals surface area contributed by atoms with Gasteiger partial charge in [-0.2, -0.15) is 8.78 Å². The summed E-state index contributed by atoms with van der Waals surface area (Å²) in [6.45, 7) is 1.82. The molecule has 1 aromatic carbocycles. The summed E-state index contributed by atoms with van der Waals surface area (Å²) in [5.74, 6) is 0.885. The molecule has 4 nitrogen and oxygen atoms in total. The Morgan fingerprint density at radius 2 is 2.14 bits per heavy atom. The van der Waals surface area contributed by atoms with Crippen LogP contribution in [-0.2, 0) is 6.54 Å². The van der Waals surface area contributed by atoms with E-state index in [0.717, 1.165) is 31.5 Å². The third-order valence-electron chi connectivity index (χ3n) is 4.14. The van der Waals surface area contributed by atoms with Gasteiger partial charge in [0.15, 0.2) is 11.5 Å². The second kappa shape index (κ2) is 7.74. The summed E-state index contributed by atoms with van der Waals surface area (Å²) in [4.78, 5) is 2.31. The van der Waals surface area contributed by atoms with Crippen molar-refractivity contribution in [2.45, 2.75) is 39.0 Å². The second-order valence-electron chi connectivity index (χ2n) is 5.86. The maximum absolute atomic E-state index is 12.5. The number of benzene rings is 1. The molecule has 0 amide bonds. The number of rotatable bonds is 6. The number of nitrogens with two attached hydrogens (primary N) is 1. The van der Waals surface area contributed by atoms with Crippen LogP contribution in [0, 0.1) is 5.92 Å². The van der Waals surface area contributed by atoms with E-state index in [-0.39, 0.29) is 11.8 Å². The van der Waals surface area contributed by atoms with Gasteiger partial charge in [-0.05, 0) is 49.9 Å². The summed E-state index contributed by atoms with van der Waals surface area (Å²) in [5, 5.41) is 0. The minimum atomic E-state index is -2.86. The zero-order valence-corrected chi connectivity index (χ0v) is 13.1. The molecule has 22 heavy (non-hydrogen) atoms. The number of ether oxygens (including phenoxy) is 2. The van der Waals surface area contributed by atoms with E-state index in [1.165, 1.54) is 7.11 Å². The number of hydrogen-bond donors (Lipinski definition) is 1. The normalized spacial score (nSPS) is 20.9. The standard InChI is InChI=1S/C16H24F2N2O2/c1-11(19)13-4-3-7-20(10-13)9-12-5-6-14(21-2)15(8-12)22-16(17)18/h5-6,8,11,13,16H,3-4,7,9-10,19H2,1-2H3. The first-order chi connectivity index (χ1) is 10.5. The molecule has 2 rings (SSSR count). The van der Waals surface area contributed by atoms with Crippen molar-refractivity contribution in [2.75, 3.05) is 20.2 Å². The molecule has 2 atom stereocenters. The monoisotopic (exact) mass is 314 g/mol. The van der Waals surface area contributed by atoms with Crippen LogP contribution in [0.3, 0.4) is 0 Å². The van der Waals surface area contributed by atoms with Gasteiger partial charge >= 0.3 is 6.61 Å². The summed E-state index contributed by atoms with van der Waals surface area (Å²) in [5.41, 5.74) is 6.93. The average molecular weight is 314 g/mol. The van der Waals surface area contributed by atoms with Crippen molar-refractivity contribution < 1.29 is 18.3 Å². The molecule has 1 heterocycles. The highest BCUT2D eigenvalue weighted by Gasteiger charge is 2.23. The van der Waals surface area contributed by atoms with Crippen LogP contribution >= 0.6 is 0 Å². The lowest BCUT2D eigenvalue weighted by atomic mass is 9.92. The summed E-state index contributed by atoms with van der Waals surface area (Å²) in [7, 11) is 1.44. The predicted octanol–water partition coefficient (Wildman–Crippen LogP) is 2.86. The van der Waals surface area contributed by atoms with Crippen LogP contribution in [0.15, 0.2) is 18.2 Å². The van der Waals surface area contributed by atoms with Gasteiger partial charge in [-0.25, -0.2) is 0 Å². The van der Waals surface area contributed by atoms with Crippen molar-refractivity contribution in [1.82, 2.24) is 4.90 Å². The Hall–Kier alpha value is -1.40. The Balaban J connectivity index is 2.05. The molecule has 124 valence electrons. The van der Waals surface area contributed by atoms with Crippen molar-refractivity contribution in [2.24, 2.45) is 11.7 Å². The molecular weight excluding hydrogens is 290 g/mol. The van der Waals surface area contributed by atoms with Crippen LogP contribution < -0.4 is 15.2 Å². The molecule has 1 aromatic rings. The number of methoxy groups -OCH3 is 1. The van der Waals surface area contributed by atoms with Crippen molar-refractivity contribution in [1.29, 1.82) is 0 Å². The van der Waals surface area contributed by atoms with E-state index in [4.69, 9.17) is 10.5 Å². The number of hydrogen-bond acceptors (Lipinski definition) is 4. The van der Waals surface area contributed by atoms with Gasteiger partial charge < -0.3 is 15.2 Å². The number of likely N-dealkylation sites (tertiary alicyclic amines) is 1. The van der Waals surface area contributed by atoms with Gasteiger partial charge in [-0.3, -0.25) is 4.90 Å². The Morgan fingerprint density at radius 1 is 1.36 bits per heavy atom. The van der Waals surface area contributed by atoms with Crippen molar-refractivity contribution in [3.8, 4) is 11.5 Å². The first-order valence-electron chi connectivity index (χ1n) is 7.59. The molecule has 0 radical (unpaired) electrons. The van der Waals surface area contributed by atoms with Crippen LogP contribution in [0.4, 0.5) is 8.78 Å². The second-order valence-corrected chi connectivity index (χ2v) is 5.86. The Kier molecular flexibility index (Phi) is 5.97. The molecule has 0 bridgehead atoms. The third-order valence-corrected chi connectivity index (χ3v) is 4.14. The lowest BCUT2D eigenvalue weighted by Crippen LogP contribution is -2.41. The fourth-order valence-corrected chi connectivity index (χ4v) is 2.93. The Labute approximate surface area is 130 Å². The maximum atomic E-state index is 12.5. The zero-order valence-electron chi connectivity index (χ0n) is 13.1. The summed E-state index contributed by atoms with van der Waals surface area (Å²) in [6.07, 6.45) is 2.26. The van der Waals surface area contributed by atoms with Gasteiger partial charge in [-0.1, -0.05) is 6.07 Å². The lowest BCUT2D eigenvalue weighted by Gasteiger charge is -2.34. The van der Waals surface area contributed by atoms with Gasteiger partial charge in [-0.15, -0.1) is 0 Å². The summed E-state index contributed by atoms with van der Waals surface area (Å²) >= 11 is 0. The van der Waals surface area contributed by atoms with E-state index in [2.05, 4.69) is 9.64 Å². The van der Waals surface area contributed by atoms with Crippen molar-refractivity contribution in [3.63, 3.8) is 0 Å². The molecule has 0 aliphatic carbocycles. The van der Waals surface area contributed by atoms with E-state index in [1.807, 2.05) is 13.0 Å². The lowest BCUT2D eigenvalue weighted by molar-refractivity contribution is -0.0512. The number of nitrogens with zero attached hydrogens (tertiary/aromatic N) is 1. The molecule has 1 aliphatic heterocycles. The molecule has 0 spiro atoms. The fraction of sp³-hybridized carbons (Fsp3) is 0.625. The molecule has 6 heteroatoms. The van der Waals surface area contributed by atoms with Crippen molar-refractivity contribution in [3.05, 3.63) is 23.8 Å². The topological polar surface area (TPSA) is 47.7 Å². The van der Waals surface area contributed by atoms with E-state index in [1.54, 1.807) is 12.1 Å². The predicted molar refractivity (Wildman–Crippen MR) is 81.3 cm³/mol. The van der Waals surface area contributed by atoms with E-state index < -0.39 is 6.61 Å². The van der Waals surface area contributed by atoms with Gasteiger partial charge in [0.05, 0.1) is 7.11 Å². The largest absolute Gasteiger partial charge is 0.493 e. The minimum absolute atomic E-state index is 0.0794. The van der Waals surface area contributed by atoms with Gasteiger partial charge in [0.25, 0.3) is 0 Å². The van der Waals surface area contributed by atoms with Crippen LogP contribution in [0.5, 0.6) is 11.5 Å². The Bertz CT molecular complexity index is 483. The molecule has 1 fully saturated rings. The van der Waals surface area contributed by atoms with E-state index in [0.29, 0.717) is 18.2 Å². The SMILES string of the molecule is COc1ccc(CN2CCCC(C(C)N)C2)cc1OC(F)F. The highest BCUT2D eigenvalue weighted by atomic mass is 19.3. The van der Waals surface area contributed by atoms with Gasteiger partial charge in [0.2, 0.25) is 0 Å². The first-order valence-corrected chi connectivity index (χ1v) is 7.59. The average Bonchev–Trinajstić information content (AvgIpc) is 2.47. The third kappa shape index (κ3) is 4.55. The number of halogens is 2. The smallest absolute Gasteiger partial charge is 0.387 e. The van der Waals surface area contributed by atoms with Crippen LogP contribution in [-0.4, -0.2) is 37.8 Å². The molecule has 0 saturated carbocycles. The summed E-state index contributed by atoms with van der Waals surface area (Å²) < 4.78 is 34.5. The number of piperidine rings is 1. The molecule has 0 aromatic heterocycles. The number of alkyl halides is 2. The molecular formula is C16H24F2N2O2. The Morgan fingerprint density at radius 3 is 2.77 bits per heavy atom. The first kappa shape index (κ1) is 17.0. The quantitative estimate of drug-likeness (QED) is 0.877. The highest BCUT2D eigenvalue weighted by molar-refractivity contribution is 5.43. The van der Waals surface area contributed by atoms with Crippen LogP contribution in [0.1, 0.15) is 25.3 Å². The van der Waals surface area contributed by atoms with Gasteiger partial charge in [0, 0.05) is 19.1 Å². The molecule has 1 saturated heterocycles. The summed E-state index contributed by atoms with van der Waals surface area (Å²) in [6, 6.07) is 5.35. The van der Waals surface area contributed by atoms with E-state index >= 15 is 0 Å².